The number of methoxy groups -OCH3 is 1. The smallest absolute Gasteiger partial charge is 0.326 e. The van der Waals surface area contributed by atoms with E-state index in [1.54, 1.807) is 0 Å². The van der Waals surface area contributed by atoms with Crippen molar-refractivity contribution < 1.29 is 24.2 Å². The number of carboxylic acid groups (broad SMARTS) is 1. The van der Waals surface area contributed by atoms with Crippen molar-refractivity contribution in [2.45, 2.75) is 50.6 Å². The van der Waals surface area contributed by atoms with Gasteiger partial charge in [0.15, 0.2) is 0 Å². The molecular formula is C13H22N2O5. The van der Waals surface area contributed by atoms with Crippen LogP contribution in [-0.2, 0) is 19.1 Å². The van der Waals surface area contributed by atoms with E-state index in [4.69, 9.17) is 5.11 Å². The van der Waals surface area contributed by atoms with Gasteiger partial charge in [0.1, 0.15) is 6.04 Å². The minimum absolute atomic E-state index is 0.0282. The van der Waals surface area contributed by atoms with Crippen molar-refractivity contribution in [3.8, 4) is 0 Å². The average Bonchev–Trinajstić information content (AvgIpc) is 2.71. The molecule has 0 aromatic rings. The van der Waals surface area contributed by atoms with E-state index in [1.807, 2.05) is 0 Å². The summed E-state index contributed by atoms with van der Waals surface area (Å²) in [6.45, 7) is 0.762. The standard InChI is InChI=1S/C13H22N2O5/c1-20-11(16)7-6-10(13(18)19)15-12(17)9-5-3-2-4-8-14-9/h9-10,14H,2-8H2,1H3,(H,15,17)(H,18,19)/t9?,10-/m1/s1. The molecule has 114 valence electrons. The van der Waals surface area contributed by atoms with Crippen LogP contribution in [0.1, 0.15) is 38.5 Å². The maximum absolute atomic E-state index is 12.0. The number of carboxylic acids is 1. The van der Waals surface area contributed by atoms with E-state index in [-0.39, 0.29) is 24.8 Å². The van der Waals surface area contributed by atoms with Crippen molar-refractivity contribution in [1.82, 2.24) is 10.6 Å². The number of esters is 1. The second-order valence-corrected chi connectivity index (χ2v) is 4.87. The van der Waals surface area contributed by atoms with Crippen LogP contribution in [0.3, 0.4) is 0 Å². The zero-order chi connectivity index (χ0) is 15.0. The number of nitrogens with one attached hydrogen (secondary N) is 2. The summed E-state index contributed by atoms with van der Waals surface area (Å²) in [6.07, 6.45) is 3.74. The summed E-state index contributed by atoms with van der Waals surface area (Å²) in [5.41, 5.74) is 0. The molecule has 1 fully saturated rings. The van der Waals surface area contributed by atoms with Gasteiger partial charge in [-0.3, -0.25) is 9.59 Å². The third-order valence-electron chi connectivity index (χ3n) is 3.36. The molecule has 0 aromatic heterocycles. The molecule has 1 heterocycles. The molecule has 1 aliphatic heterocycles. The highest BCUT2D eigenvalue weighted by molar-refractivity contribution is 5.87. The number of ether oxygens (including phenoxy) is 1. The zero-order valence-corrected chi connectivity index (χ0v) is 11.7. The van der Waals surface area contributed by atoms with Crippen LogP contribution in [0.25, 0.3) is 0 Å². The lowest BCUT2D eigenvalue weighted by atomic mass is 10.1. The van der Waals surface area contributed by atoms with Crippen LogP contribution in [0.4, 0.5) is 0 Å². The molecule has 1 amide bonds. The molecule has 2 atom stereocenters. The third-order valence-corrected chi connectivity index (χ3v) is 3.36. The summed E-state index contributed by atoms with van der Waals surface area (Å²) in [5.74, 6) is -1.95. The van der Waals surface area contributed by atoms with E-state index >= 15 is 0 Å². The topological polar surface area (TPSA) is 105 Å². The average molecular weight is 286 g/mol. The van der Waals surface area contributed by atoms with E-state index in [1.165, 1.54) is 7.11 Å². The highest BCUT2D eigenvalue weighted by Crippen LogP contribution is 2.09. The Labute approximate surface area is 118 Å². The summed E-state index contributed by atoms with van der Waals surface area (Å²) in [4.78, 5) is 34.2. The van der Waals surface area contributed by atoms with E-state index in [2.05, 4.69) is 15.4 Å². The minimum Gasteiger partial charge on any atom is -0.480 e. The predicted octanol–water partition coefficient (Wildman–Crippen LogP) is 0.0412. The minimum atomic E-state index is -1.14. The molecule has 3 N–H and O–H groups in total. The van der Waals surface area contributed by atoms with Gasteiger partial charge in [-0.15, -0.1) is 0 Å². The lowest BCUT2D eigenvalue weighted by Gasteiger charge is -2.19. The van der Waals surface area contributed by atoms with E-state index in [0.717, 1.165) is 25.8 Å². The number of hydrogen-bond acceptors (Lipinski definition) is 5. The van der Waals surface area contributed by atoms with Crippen LogP contribution in [0, 0.1) is 0 Å². The molecular weight excluding hydrogens is 264 g/mol. The largest absolute Gasteiger partial charge is 0.480 e. The van der Waals surface area contributed by atoms with Crippen molar-refractivity contribution in [1.29, 1.82) is 0 Å². The van der Waals surface area contributed by atoms with Gasteiger partial charge in [-0.1, -0.05) is 12.8 Å². The van der Waals surface area contributed by atoms with Crippen LogP contribution in [0.5, 0.6) is 0 Å². The lowest BCUT2D eigenvalue weighted by Crippen LogP contribution is -2.50. The van der Waals surface area contributed by atoms with Crippen molar-refractivity contribution in [2.24, 2.45) is 0 Å². The molecule has 7 nitrogen and oxygen atoms in total. The van der Waals surface area contributed by atoms with E-state index in [0.29, 0.717) is 6.42 Å². The molecule has 0 bridgehead atoms. The van der Waals surface area contributed by atoms with Gasteiger partial charge in [0.05, 0.1) is 13.2 Å². The highest BCUT2D eigenvalue weighted by atomic mass is 16.5. The molecule has 0 aliphatic carbocycles. The highest BCUT2D eigenvalue weighted by Gasteiger charge is 2.26. The quantitative estimate of drug-likeness (QED) is 0.596. The van der Waals surface area contributed by atoms with Gasteiger partial charge in [0.25, 0.3) is 0 Å². The molecule has 20 heavy (non-hydrogen) atoms. The first-order chi connectivity index (χ1) is 9.54. The Kier molecular flexibility index (Phi) is 7.00. The van der Waals surface area contributed by atoms with E-state index < -0.39 is 18.0 Å². The summed E-state index contributed by atoms with van der Waals surface area (Å²) >= 11 is 0. The Bertz CT molecular complexity index is 351. The maximum atomic E-state index is 12.0. The fourth-order valence-electron chi connectivity index (χ4n) is 2.15. The number of rotatable bonds is 6. The Morgan fingerprint density at radius 2 is 2.10 bits per heavy atom. The summed E-state index contributed by atoms with van der Waals surface area (Å²) < 4.78 is 4.46. The molecule has 1 saturated heterocycles. The fraction of sp³-hybridized carbons (Fsp3) is 0.769. The van der Waals surface area contributed by atoms with E-state index in [9.17, 15) is 14.4 Å². The van der Waals surface area contributed by atoms with Crippen LogP contribution in [0.15, 0.2) is 0 Å². The first-order valence-electron chi connectivity index (χ1n) is 6.88. The Morgan fingerprint density at radius 1 is 1.35 bits per heavy atom. The SMILES string of the molecule is COC(=O)CC[C@@H](NC(=O)C1CCCCCN1)C(=O)O. The molecule has 0 saturated carbocycles. The zero-order valence-electron chi connectivity index (χ0n) is 11.7. The number of carbonyl (C=O) groups is 3. The molecule has 1 rings (SSSR count). The first-order valence-corrected chi connectivity index (χ1v) is 6.88. The molecule has 0 spiro atoms. The van der Waals surface area contributed by atoms with Crippen LogP contribution >= 0.6 is 0 Å². The van der Waals surface area contributed by atoms with Gasteiger partial charge in [0, 0.05) is 6.42 Å². The Balaban J connectivity index is 2.49. The normalized spacial score (nSPS) is 20.6. The van der Waals surface area contributed by atoms with Crippen molar-refractivity contribution in [3.05, 3.63) is 0 Å². The van der Waals surface area contributed by atoms with Crippen molar-refractivity contribution in [3.63, 3.8) is 0 Å². The van der Waals surface area contributed by atoms with Gasteiger partial charge in [0.2, 0.25) is 5.91 Å². The van der Waals surface area contributed by atoms with Gasteiger partial charge >= 0.3 is 11.9 Å². The summed E-state index contributed by atoms with van der Waals surface area (Å²) in [7, 11) is 1.24. The first kappa shape index (κ1) is 16.4. The van der Waals surface area contributed by atoms with Crippen LogP contribution in [-0.4, -0.2) is 48.7 Å². The molecule has 7 heteroatoms. The van der Waals surface area contributed by atoms with Crippen molar-refractivity contribution >= 4 is 17.8 Å². The van der Waals surface area contributed by atoms with Gasteiger partial charge in [-0.25, -0.2) is 4.79 Å². The lowest BCUT2D eigenvalue weighted by molar-refractivity contribution is -0.144. The second kappa shape index (κ2) is 8.52. The fourth-order valence-corrected chi connectivity index (χ4v) is 2.15. The van der Waals surface area contributed by atoms with Gasteiger partial charge in [-0.2, -0.15) is 0 Å². The molecule has 0 aromatic carbocycles. The molecule has 1 aliphatic rings. The summed E-state index contributed by atoms with van der Waals surface area (Å²) in [6, 6.07) is -1.41. The number of aliphatic carboxylic acids is 1. The predicted molar refractivity (Wildman–Crippen MR) is 71.1 cm³/mol. The van der Waals surface area contributed by atoms with Crippen LogP contribution in [0.2, 0.25) is 0 Å². The number of carbonyl (C=O) groups excluding carboxylic acids is 2. The van der Waals surface area contributed by atoms with Crippen molar-refractivity contribution in [2.75, 3.05) is 13.7 Å². The number of hydrogen-bond donors (Lipinski definition) is 3. The maximum Gasteiger partial charge on any atom is 0.326 e. The monoisotopic (exact) mass is 286 g/mol. The number of amides is 1. The van der Waals surface area contributed by atoms with Gasteiger partial charge < -0.3 is 20.5 Å². The Hall–Kier alpha value is -1.63. The second-order valence-electron chi connectivity index (χ2n) is 4.87. The van der Waals surface area contributed by atoms with Gasteiger partial charge in [-0.05, 0) is 25.8 Å². The summed E-state index contributed by atoms with van der Waals surface area (Å²) in [5, 5.41) is 14.7. The molecule has 1 unspecified atom stereocenters. The Morgan fingerprint density at radius 3 is 2.75 bits per heavy atom. The molecule has 0 radical (unpaired) electrons. The van der Waals surface area contributed by atoms with Crippen LogP contribution < -0.4 is 10.6 Å². The third kappa shape index (κ3) is 5.56.